The summed E-state index contributed by atoms with van der Waals surface area (Å²) in [5, 5.41) is 2.50. The Morgan fingerprint density at radius 1 is 1.18 bits per heavy atom. The van der Waals surface area contributed by atoms with Gasteiger partial charge in [0, 0.05) is 20.0 Å². The Balaban J connectivity index is 2.09. The van der Waals surface area contributed by atoms with Gasteiger partial charge in [0.2, 0.25) is 5.91 Å². The molecule has 0 spiro atoms. The summed E-state index contributed by atoms with van der Waals surface area (Å²) in [5.41, 5.74) is 0.624. The van der Waals surface area contributed by atoms with E-state index < -0.39 is 24.0 Å². The average Bonchev–Trinajstić information content (AvgIpc) is 2.53. The van der Waals surface area contributed by atoms with E-state index in [2.05, 4.69) is 5.32 Å². The number of imide groups is 2. The molecule has 7 nitrogen and oxygen atoms in total. The molecule has 1 saturated heterocycles. The van der Waals surface area contributed by atoms with E-state index in [1.807, 2.05) is 0 Å². The largest absolute Gasteiger partial charge is 0.334 e. The Morgan fingerprint density at radius 2 is 1.82 bits per heavy atom. The highest BCUT2D eigenvalue weighted by molar-refractivity contribution is 6.02. The summed E-state index contributed by atoms with van der Waals surface area (Å²) in [7, 11) is 0. The van der Waals surface area contributed by atoms with Crippen LogP contribution in [0.2, 0.25) is 0 Å². The third-order valence-electron chi connectivity index (χ3n) is 3.42. The number of carbonyl (C=O) groups is 4. The maximum absolute atomic E-state index is 12.2. The molecule has 1 aliphatic heterocycles. The standard InChI is InChI=1S/C15H17N3O4/c1-11(20)17-8-5-9-18(15(17)22)14(21)16-13(10-19)12-6-3-2-4-7-12/h2-4,6-7,10,13H,5,8-9H2,1H3,(H,16,21). The highest BCUT2D eigenvalue weighted by Crippen LogP contribution is 2.13. The van der Waals surface area contributed by atoms with Gasteiger partial charge in [-0.25, -0.2) is 14.5 Å². The molecule has 1 atom stereocenters. The minimum Gasteiger partial charge on any atom is -0.324 e. The Bertz CT molecular complexity index is 588. The van der Waals surface area contributed by atoms with Crippen LogP contribution in [0.4, 0.5) is 9.59 Å². The number of carbonyl (C=O) groups excluding carboxylic acids is 4. The van der Waals surface area contributed by atoms with Gasteiger partial charge < -0.3 is 10.1 Å². The van der Waals surface area contributed by atoms with Crippen molar-refractivity contribution in [3.8, 4) is 0 Å². The Labute approximate surface area is 127 Å². The summed E-state index contributed by atoms with van der Waals surface area (Å²) in [6, 6.07) is 6.54. The molecular weight excluding hydrogens is 286 g/mol. The molecule has 116 valence electrons. The smallest absolute Gasteiger partial charge is 0.324 e. The summed E-state index contributed by atoms with van der Waals surface area (Å²) < 4.78 is 0. The molecule has 1 aromatic carbocycles. The van der Waals surface area contributed by atoms with E-state index in [0.717, 1.165) is 9.80 Å². The molecule has 2 rings (SSSR count). The van der Waals surface area contributed by atoms with E-state index >= 15 is 0 Å². The van der Waals surface area contributed by atoms with Crippen LogP contribution in [0.3, 0.4) is 0 Å². The van der Waals surface area contributed by atoms with E-state index in [1.165, 1.54) is 6.92 Å². The molecular formula is C15H17N3O4. The molecule has 0 radical (unpaired) electrons. The van der Waals surface area contributed by atoms with Gasteiger partial charge in [0.05, 0.1) is 0 Å². The van der Waals surface area contributed by atoms with Crippen LogP contribution in [-0.4, -0.2) is 47.1 Å². The van der Waals surface area contributed by atoms with Crippen molar-refractivity contribution in [2.75, 3.05) is 13.1 Å². The van der Waals surface area contributed by atoms with E-state index in [9.17, 15) is 19.2 Å². The highest BCUT2D eigenvalue weighted by Gasteiger charge is 2.33. The lowest BCUT2D eigenvalue weighted by Gasteiger charge is -2.32. The second-order valence-electron chi connectivity index (χ2n) is 4.93. The number of amides is 5. The van der Waals surface area contributed by atoms with Crippen LogP contribution in [0.25, 0.3) is 0 Å². The lowest BCUT2D eigenvalue weighted by atomic mass is 10.1. The summed E-state index contributed by atoms with van der Waals surface area (Å²) in [6.07, 6.45) is 1.11. The van der Waals surface area contributed by atoms with Crippen molar-refractivity contribution in [1.29, 1.82) is 0 Å². The van der Waals surface area contributed by atoms with Crippen LogP contribution in [0.1, 0.15) is 24.9 Å². The normalized spacial score (nSPS) is 16.1. The Hall–Kier alpha value is -2.70. The van der Waals surface area contributed by atoms with E-state index in [1.54, 1.807) is 30.3 Å². The third kappa shape index (κ3) is 3.30. The molecule has 22 heavy (non-hydrogen) atoms. The zero-order valence-corrected chi connectivity index (χ0v) is 12.2. The molecule has 0 aliphatic carbocycles. The number of hydrogen-bond acceptors (Lipinski definition) is 4. The summed E-state index contributed by atoms with van der Waals surface area (Å²) in [6.45, 7) is 1.79. The number of nitrogens with one attached hydrogen (secondary N) is 1. The number of nitrogens with zero attached hydrogens (tertiary/aromatic N) is 2. The zero-order valence-electron chi connectivity index (χ0n) is 12.2. The molecule has 1 unspecified atom stereocenters. The summed E-state index contributed by atoms with van der Waals surface area (Å²) in [5.74, 6) is -0.405. The second-order valence-corrected chi connectivity index (χ2v) is 4.93. The summed E-state index contributed by atoms with van der Waals surface area (Å²) in [4.78, 5) is 48.8. The number of benzene rings is 1. The maximum atomic E-state index is 12.2. The van der Waals surface area contributed by atoms with Crippen LogP contribution in [0.15, 0.2) is 30.3 Å². The molecule has 1 heterocycles. The molecule has 0 aromatic heterocycles. The zero-order chi connectivity index (χ0) is 16.1. The van der Waals surface area contributed by atoms with Crippen molar-refractivity contribution in [3.63, 3.8) is 0 Å². The minimum atomic E-state index is -0.839. The molecule has 1 N–H and O–H groups in total. The number of rotatable bonds is 3. The summed E-state index contributed by atoms with van der Waals surface area (Å²) >= 11 is 0. The maximum Gasteiger partial charge on any atom is 0.334 e. The number of urea groups is 2. The van der Waals surface area contributed by atoms with Gasteiger partial charge in [-0.2, -0.15) is 0 Å². The van der Waals surface area contributed by atoms with Crippen molar-refractivity contribution in [2.45, 2.75) is 19.4 Å². The van der Waals surface area contributed by atoms with Gasteiger partial charge in [-0.05, 0) is 12.0 Å². The van der Waals surface area contributed by atoms with Gasteiger partial charge in [0.25, 0.3) is 0 Å². The topological polar surface area (TPSA) is 86.8 Å². The first-order valence-electron chi connectivity index (χ1n) is 6.95. The molecule has 0 bridgehead atoms. The lowest BCUT2D eigenvalue weighted by molar-refractivity contribution is -0.127. The monoisotopic (exact) mass is 303 g/mol. The molecule has 0 saturated carbocycles. The van der Waals surface area contributed by atoms with Crippen LogP contribution < -0.4 is 5.32 Å². The first kappa shape index (κ1) is 15.7. The van der Waals surface area contributed by atoms with Gasteiger partial charge in [0.15, 0.2) is 0 Å². The van der Waals surface area contributed by atoms with Crippen LogP contribution in [-0.2, 0) is 9.59 Å². The fourth-order valence-corrected chi connectivity index (χ4v) is 2.27. The van der Waals surface area contributed by atoms with Crippen LogP contribution >= 0.6 is 0 Å². The molecule has 1 fully saturated rings. The number of hydrogen-bond donors (Lipinski definition) is 1. The first-order chi connectivity index (χ1) is 10.5. The molecule has 1 aromatic rings. The van der Waals surface area contributed by atoms with Gasteiger partial charge >= 0.3 is 12.1 Å². The SMILES string of the molecule is CC(=O)N1CCCN(C(=O)NC(C=O)c2ccccc2)C1=O. The molecule has 7 heteroatoms. The highest BCUT2D eigenvalue weighted by atomic mass is 16.2. The van der Waals surface area contributed by atoms with Gasteiger partial charge in [0.1, 0.15) is 12.3 Å². The van der Waals surface area contributed by atoms with Crippen molar-refractivity contribution < 1.29 is 19.2 Å². The fraction of sp³-hybridized carbons (Fsp3) is 0.333. The molecule has 1 aliphatic rings. The fourth-order valence-electron chi connectivity index (χ4n) is 2.27. The molecule has 5 amide bonds. The van der Waals surface area contributed by atoms with E-state index in [4.69, 9.17) is 0 Å². The van der Waals surface area contributed by atoms with Gasteiger partial charge in [-0.1, -0.05) is 30.3 Å². The Kier molecular flexibility index (Phi) is 4.88. The second kappa shape index (κ2) is 6.84. The van der Waals surface area contributed by atoms with Crippen molar-refractivity contribution in [3.05, 3.63) is 35.9 Å². The van der Waals surface area contributed by atoms with Crippen molar-refractivity contribution >= 4 is 24.3 Å². The average molecular weight is 303 g/mol. The van der Waals surface area contributed by atoms with Crippen molar-refractivity contribution in [2.24, 2.45) is 0 Å². The number of aldehydes is 1. The quantitative estimate of drug-likeness (QED) is 0.853. The minimum absolute atomic E-state index is 0.217. The van der Waals surface area contributed by atoms with Crippen LogP contribution in [0, 0.1) is 0 Å². The third-order valence-corrected chi connectivity index (χ3v) is 3.42. The van der Waals surface area contributed by atoms with E-state index in [0.29, 0.717) is 24.8 Å². The van der Waals surface area contributed by atoms with Gasteiger partial charge in [-0.3, -0.25) is 9.69 Å². The predicted octanol–water partition coefficient (Wildman–Crippen LogP) is 1.31. The van der Waals surface area contributed by atoms with Crippen LogP contribution in [0.5, 0.6) is 0 Å². The Morgan fingerprint density at radius 3 is 2.41 bits per heavy atom. The predicted molar refractivity (Wildman–Crippen MR) is 77.9 cm³/mol. The first-order valence-corrected chi connectivity index (χ1v) is 6.95. The lowest BCUT2D eigenvalue weighted by Crippen LogP contribution is -2.56. The van der Waals surface area contributed by atoms with Crippen molar-refractivity contribution in [1.82, 2.24) is 15.1 Å². The van der Waals surface area contributed by atoms with Gasteiger partial charge in [-0.15, -0.1) is 0 Å². The van der Waals surface area contributed by atoms with E-state index in [-0.39, 0.29) is 6.54 Å².